The first kappa shape index (κ1) is 19.0. The van der Waals surface area contributed by atoms with E-state index in [1.165, 1.54) is 0 Å². The minimum absolute atomic E-state index is 0.167. The van der Waals surface area contributed by atoms with E-state index in [1.807, 2.05) is 41.5 Å². The molecule has 1 aliphatic rings. The fourth-order valence-electron chi connectivity index (χ4n) is 2.47. The van der Waals surface area contributed by atoms with Gasteiger partial charge in [0.1, 0.15) is 11.2 Å². The molecule has 128 valence electrons. The topological polar surface area (TPSA) is 52.6 Å². The second-order valence-electron chi connectivity index (χ2n) is 7.63. The van der Waals surface area contributed by atoms with Crippen LogP contribution in [-0.2, 0) is 19.1 Å². The van der Waals surface area contributed by atoms with Crippen LogP contribution in [0.15, 0.2) is 0 Å². The van der Waals surface area contributed by atoms with Gasteiger partial charge in [-0.05, 0) is 59.8 Å². The molecule has 0 amide bonds. The fraction of sp³-hybridized carbons (Fsp3) is 0.889. The van der Waals surface area contributed by atoms with Gasteiger partial charge in [0, 0.05) is 0 Å². The van der Waals surface area contributed by atoms with Crippen LogP contribution in [0, 0.1) is 11.8 Å². The second-order valence-corrected chi connectivity index (χ2v) is 7.63. The lowest BCUT2D eigenvalue weighted by Gasteiger charge is -2.32. The van der Waals surface area contributed by atoms with Crippen LogP contribution in [-0.4, -0.2) is 23.1 Å². The molecule has 2 atom stereocenters. The van der Waals surface area contributed by atoms with E-state index in [2.05, 4.69) is 0 Å². The van der Waals surface area contributed by atoms with E-state index in [4.69, 9.17) is 9.47 Å². The van der Waals surface area contributed by atoms with Crippen LogP contribution in [0.5, 0.6) is 0 Å². The van der Waals surface area contributed by atoms with E-state index in [0.29, 0.717) is 6.42 Å². The summed E-state index contributed by atoms with van der Waals surface area (Å²) in [4.78, 5) is 24.6. The summed E-state index contributed by atoms with van der Waals surface area (Å²) in [5.41, 5.74) is -0.872. The van der Waals surface area contributed by atoms with Crippen LogP contribution >= 0.6 is 0 Å². The molecule has 0 bridgehead atoms. The van der Waals surface area contributed by atoms with E-state index in [0.717, 1.165) is 32.1 Å². The quantitative estimate of drug-likeness (QED) is 0.688. The monoisotopic (exact) mass is 312 g/mol. The Morgan fingerprint density at radius 1 is 0.864 bits per heavy atom. The Bertz CT molecular complexity index is 362. The zero-order valence-electron chi connectivity index (χ0n) is 15.0. The number of carbonyl (C=O) groups is 2. The van der Waals surface area contributed by atoms with Crippen molar-refractivity contribution in [1.29, 1.82) is 0 Å². The Labute approximate surface area is 134 Å². The number of hydrogen-bond acceptors (Lipinski definition) is 4. The number of esters is 2. The number of carbonyl (C=O) groups excluding carboxylic acids is 2. The maximum atomic E-state index is 12.3. The Morgan fingerprint density at radius 3 is 1.55 bits per heavy atom. The largest absolute Gasteiger partial charge is 0.459 e. The second kappa shape index (κ2) is 7.47. The predicted octanol–water partition coefficient (Wildman–Crippen LogP) is 4.26. The van der Waals surface area contributed by atoms with Crippen molar-refractivity contribution in [2.45, 2.75) is 91.3 Å². The van der Waals surface area contributed by atoms with Gasteiger partial charge in [0.05, 0.1) is 11.8 Å². The van der Waals surface area contributed by atoms with Crippen molar-refractivity contribution in [2.24, 2.45) is 11.8 Å². The summed E-state index contributed by atoms with van der Waals surface area (Å²) in [6.45, 7) is 11.7. The Morgan fingerprint density at radius 2 is 1.23 bits per heavy atom. The van der Waals surface area contributed by atoms with E-state index in [9.17, 15) is 9.59 Å². The lowest BCUT2D eigenvalue weighted by atomic mass is 9.81. The smallest absolute Gasteiger partial charge is 0.309 e. The fourth-order valence-corrected chi connectivity index (χ4v) is 2.47. The van der Waals surface area contributed by atoms with Gasteiger partial charge in [-0.15, -0.1) is 0 Å². The third kappa shape index (κ3) is 5.62. The van der Waals surface area contributed by atoms with Gasteiger partial charge >= 0.3 is 11.9 Å². The SMILES string of the molecule is CCC(C)(C)OC(=O)C1CCCC(C(=O)OC(C)(C)CC)C1. The highest BCUT2D eigenvalue weighted by Gasteiger charge is 2.36. The average molecular weight is 312 g/mol. The van der Waals surface area contributed by atoms with Crippen molar-refractivity contribution in [3.8, 4) is 0 Å². The van der Waals surface area contributed by atoms with Gasteiger partial charge in [-0.1, -0.05) is 20.3 Å². The zero-order chi connectivity index (χ0) is 17.0. The summed E-state index contributed by atoms with van der Waals surface area (Å²) in [6, 6.07) is 0. The van der Waals surface area contributed by atoms with Gasteiger partial charge in [-0.25, -0.2) is 0 Å². The zero-order valence-corrected chi connectivity index (χ0v) is 15.0. The Kier molecular flexibility index (Phi) is 6.45. The molecule has 0 aliphatic heterocycles. The molecule has 0 heterocycles. The summed E-state index contributed by atoms with van der Waals surface area (Å²) in [7, 11) is 0. The minimum atomic E-state index is -0.436. The lowest BCUT2D eigenvalue weighted by Crippen LogP contribution is -2.37. The summed E-state index contributed by atoms with van der Waals surface area (Å²) >= 11 is 0. The maximum absolute atomic E-state index is 12.3. The minimum Gasteiger partial charge on any atom is -0.459 e. The lowest BCUT2D eigenvalue weighted by molar-refractivity contribution is -0.168. The van der Waals surface area contributed by atoms with Crippen molar-refractivity contribution >= 4 is 11.9 Å². The van der Waals surface area contributed by atoms with Crippen LogP contribution < -0.4 is 0 Å². The standard InChI is InChI=1S/C18H32O4/c1-7-17(3,4)21-15(19)13-10-9-11-14(12-13)16(20)22-18(5,6)8-2/h13-14H,7-12H2,1-6H3. The van der Waals surface area contributed by atoms with Crippen molar-refractivity contribution in [2.75, 3.05) is 0 Å². The molecule has 0 aromatic rings. The number of rotatable bonds is 6. The molecule has 0 radical (unpaired) electrons. The third-order valence-electron chi connectivity index (χ3n) is 4.80. The van der Waals surface area contributed by atoms with Crippen LogP contribution in [0.1, 0.15) is 80.1 Å². The average Bonchev–Trinajstić information content (AvgIpc) is 2.46. The molecular weight excluding hydrogens is 280 g/mol. The molecule has 0 saturated heterocycles. The highest BCUT2D eigenvalue weighted by molar-refractivity contribution is 5.77. The van der Waals surface area contributed by atoms with Crippen LogP contribution in [0.4, 0.5) is 0 Å². The normalized spacial score (nSPS) is 23.0. The molecule has 0 aromatic carbocycles. The first-order valence-corrected chi connectivity index (χ1v) is 8.56. The van der Waals surface area contributed by atoms with Gasteiger partial charge in [0.15, 0.2) is 0 Å². The van der Waals surface area contributed by atoms with Crippen molar-refractivity contribution < 1.29 is 19.1 Å². The molecule has 2 unspecified atom stereocenters. The molecule has 1 fully saturated rings. The van der Waals surface area contributed by atoms with Crippen LogP contribution in [0.3, 0.4) is 0 Å². The molecule has 0 N–H and O–H groups in total. The maximum Gasteiger partial charge on any atom is 0.309 e. The molecular formula is C18H32O4. The predicted molar refractivity (Wildman–Crippen MR) is 86.4 cm³/mol. The van der Waals surface area contributed by atoms with Crippen molar-refractivity contribution in [1.82, 2.24) is 0 Å². The Hall–Kier alpha value is -1.06. The molecule has 0 aromatic heterocycles. The molecule has 4 heteroatoms. The molecule has 1 saturated carbocycles. The van der Waals surface area contributed by atoms with E-state index < -0.39 is 11.2 Å². The van der Waals surface area contributed by atoms with Crippen LogP contribution in [0.2, 0.25) is 0 Å². The van der Waals surface area contributed by atoms with E-state index in [1.54, 1.807) is 0 Å². The summed E-state index contributed by atoms with van der Waals surface area (Å²) in [5.74, 6) is -0.693. The van der Waals surface area contributed by atoms with E-state index >= 15 is 0 Å². The molecule has 1 rings (SSSR count). The van der Waals surface area contributed by atoms with Crippen LogP contribution in [0.25, 0.3) is 0 Å². The summed E-state index contributed by atoms with van der Waals surface area (Å²) in [5, 5.41) is 0. The summed E-state index contributed by atoms with van der Waals surface area (Å²) < 4.78 is 11.2. The molecule has 22 heavy (non-hydrogen) atoms. The molecule has 1 aliphatic carbocycles. The van der Waals surface area contributed by atoms with Gasteiger partial charge < -0.3 is 9.47 Å². The van der Waals surface area contributed by atoms with Gasteiger partial charge in [-0.3, -0.25) is 9.59 Å². The third-order valence-corrected chi connectivity index (χ3v) is 4.80. The van der Waals surface area contributed by atoms with Crippen molar-refractivity contribution in [3.05, 3.63) is 0 Å². The highest BCUT2D eigenvalue weighted by atomic mass is 16.6. The number of ether oxygens (including phenoxy) is 2. The first-order valence-electron chi connectivity index (χ1n) is 8.56. The first-order chi connectivity index (χ1) is 10.1. The van der Waals surface area contributed by atoms with Crippen molar-refractivity contribution in [3.63, 3.8) is 0 Å². The highest BCUT2D eigenvalue weighted by Crippen LogP contribution is 2.33. The molecule has 0 spiro atoms. The van der Waals surface area contributed by atoms with E-state index in [-0.39, 0.29) is 23.8 Å². The van der Waals surface area contributed by atoms with Gasteiger partial charge in [0.25, 0.3) is 0 Å². The van der Waals surface area contributed by atoms with Gasteiger partial charge in [-0.2, -0.15) is 0 Å². The molecule has 4 nitrogen and oxygen atoms in total. The summed E-state index contributed by atoms with van der Waals surface area (Å²) in [6.07, 6.45) is 4.60. The van der Waals surface area contributed by atoms with Gasteiger partial charge in [0.2, 0.25) is 0 Å². The number of hydrogen-bond donors (Lipinski definition) is 0. The Balaban J connectivity index is 2.61.